The van der Waals surface area contributed by atoms with Crippen LogP contribution in [-0.4, -0.2) is 23.7 Å². The maximum absolute atomic E-state index is 11.0. The molecular formula is C15H22N2O3. The van der Waals surface area contributed by atoms with Crippen LogP contribution in [0.25, 0.3) is 0 Å². The molecule has 0 amide bonds. The lowest BCUT2D eigenvalue weighted by molar-refractivity contribution is -0.385. The number of nitro benzene ring substituents is 1. The van der Waals surface area contributed by atoms with Crippen molar-refractivity contribution in [2.75, 3.05) is 6.61 Å². The van der Waals surface area contributed by atoms with Gasteiger partial charge >= 0.3 is 0 Å². The summed E-state index contributed by atoms with van der Waals surface area (Å²) in [4.78, 5) is 10.6. The number of rotatable bonds is 6. The molecule has 1 fully saturated rings. The maximum atomic E-state index is 11.0. The van der Waals surface area contributed by atoms with E-state index in [4.69, 9.17) is 10.5 Å². The molecule has 20 heavy (non-hydrogen) atoms. The summed E-state index contributed by atoms with van der Waals surface area (Å²) >= 11 is 0. The molecule has 1 heterocycles. The number of para-hydroxylation sites is 1. The minimum Gasteiger partial charge on any atom is -0.378 e. The fraction of sp³-hybridized carbons (Fsp3) is 0.600. The van der Waals surface area contributed by atoms with Gasteiger partial charge in [-0.3, -0.25) is 10.1 Å². The summed E-state index contributed by atoms with van der Waals surface area (Å²) < 4.78 is 5.68. The fourth-order valence-corrected chi connectivity index (χ4v) is 2.68. The van der Waals surface area contributed by atoms with E-state index in [9.17, 15) is 10.1 Å². The maximum Gasteiger partial charge on any atom is 0.272 e. The van der Waals surface area contributed by atoms with Crippen LogP contribution in [0.1, 0.15) is 37.7 Å². The first kappa shape index (κ1) is 14.9. The van der Waals surface area contributed by atoms with Crippen LogP contribution in [-0.2, 0) is 11.2 Å². The van der Waals surface area contributed by atoms with Crippen molar-refractivity contribution >= 4 is 5.69 Å². The van der Waals surface area contributed by atoms with Crippen LogP contribution in [0.2, 0.25) is 0 Å². The molecule has 2 atom stereocenters. The zero-order valence-corrected chi connectivity index (χ0v) is 11.7. The van der Waals surface area contributed by atoms with Gasteiger partial charge in [0, 0.05) is 24.3 Å². The Kier molecular flexibility index (Phi) is 5.49. The van der Waals surface area contributed by atoms with Crippen LogP contribution in [0.5, 0.6) is 0 Å². The summed E-state index contributed by atoms with van der Waals surface area (Å²) in [5.41, 5.74) is 6.99. The van der Waals surface area contributed by atoms with Crippen molar-refractivity contribution in [2.24, 2.45) is 5.73 Å². The first-order chi connectivity index (χ1) is 9.66. The summed E-state index contributed by atoms with van der Waals surface area (Å²) in [5, 5.41) is 11.0. The lowest BCUT2D eigenvalue weighted by atomic mass is 9.97. The third-order valence-electron chi connectivity index (χ3n) is 3.80. The summed E-state index contributed by atoms with van der Waals surface area (Å²) in [5.74, 6) is 0. The Hall–Kier alpha value is -1.46. The molecule has 0 saturated carbocycles. The molecule has 1 aromatic rings. The first-order valence-corrected chi connectivity index (χ1v) is 7.26. The van der Waals surface area contributed by atoms with Crippen LogP contribution in [0.4, 0.5) is 5.69 Å². The number of hydrogen-bond donors (Lipinski definition) is 1. The van der Waals surface area contributed by atoms with Crippen molar-refractivity contribution in [3.8, 4) is 0 Å². The Morgan fingerprint density at radius 1 is 1.40 bits per heavy atom. The minimum absolute atomic E-state index is 0.0540. The highest BCUT2D eigenvalue weighted by atomic mass is 16.6. The summed E-state index contributed by atoms with van der Waals surface area (Å²) in [6.45, 7) is 0.851. The average Bonchev–Trinajstić information content (AvgIpc) is 2.46. The summed E-state index contributed by atoms with van der Waals surface area (Å²) in [6.07, 6.45) is 6.14. The number of nitrogens with two attached hydrogens (primary N) is 1. The number of ether oxygens (including phenoxy) is 1. The number of nitro groups is 1. The molecule has 0 spiro atoms. The van der Waals surface area contributed by atoms with Gasteiger partial charge < -0.3 is 10.5 Å². The molecule has 2 N–H and O–H groups in total. The molecule has 1 saturated heterocycles. The third-order valence-corrected chi connectivity index (χ3v) is 3.80. The predicted octanol–water partition coefficient (Wildman–Crippen LogP) is 2.81. The van der Waals surface area contributed by atoms with Crippen molar-refractivity contribution in [1.82, 2.24) is 0 Å². The molecule has 2 rings (SSSR count). The van der Waals surface area contributed by atoms with Gasteiger partial charge in [-0.1, -0.05) is 18.2 Å². The van der Waals surface area contributed by atoms with E-state index in [0.29, 0.717) is 12.5 Å². The van der Waals surface area contributed by atoms with Crippen molar-refractivity contribution in [2.45, 2.75) is 50.7 Å². The van der Waals surface area contributed by atoms with Gasteiger partial charge in [0.05, 0.1) is 11.0 Å². The van der Waals surface area contributed by atoms with Crippen LogP contribution < -0.4 is 5.73 Å². The van der Waals surface area contributed by atoms with Crippen LogP contribution in [0.15, 0.2) is 24.3 Å². The van der Waals surface area contributed by atoms with E-state index in [1.165, 1.54) is 12.5 Å². The van der Waals surface area contributed by atoms with Crippen molar-refractivity contribution in [1.29, 1.82) is 0 Å². The van der Waals surface area contributed by atoms with E-state index in [1.54, 1.807) is 12.1 Å². The Morgan fingerprint density at radius 3 is 2.90 bits per heavy atom. The van der Waals surface area contributed by atoms with Gasteiger partial charge in [0.2, 0.25) is 0 Å². The Labute approximate surface area is 119 Å². The molecule has 0 aromatic heterocycles. The molecule has 2 unspecified atom stereocenters. The number of nitrogens with zero attached hydrogens (tertiary/aromatic N) is 1. The van der Waals surface area contributed by atoms with Crippen LogP contribution >= 0.6 is 0 Å². The highest BCUT2D eigenvalue weighted by molar-refractivity contribution is 5.40. The van der Waals surface area contributed by atoms with Crippen LogP contribution in [0, 0.1) is 10.1 Å². The summed E-state index contributed by atoms with van der Waals surface area (Å²) in [7, 11) is 0. The molecule has 0 aliphatic carbocycles. The predicted molar refractivity (Wildman–Crippen MR) is 77.6 cm³/mol. The number of hydrogen-bond acceptors (Lipinski definition) is 4. The SMILES string of the molecule is NC(CCC1CCCCO1)Cc1ccccc1[N+](=O)[O-]. The Morgan fingerprint density at radius 2 is 2.20 bits per heavy atom. The van der Waals surface area contributed by atoms with Gasteiger partial charge in [-0.25, -0.2) is 0 Å². The van der Waals surface area contributed by atoms with E-state index in [0.717, 1.165) is 37.9 Å². The van der Waals surface area contributed by atoms with Crippen molar-refractivity contribution in [3.63, 3.8) is 0 Å². The van der Waals surface area contributed by atoms with Crippen molar-refractivity contribution < 1.29 is 9.66 Å². The standard InChI is InChI=1S/C15H22N2O3/c16-13(8-9-14-6-3-4-10-20-14)11-12-5-1-2-7-15(12)17(18)19/h1-2,5,7,13-14H,3-4,6,8-11,16H2. The van der Waals surface area contributed by atoms with E-state index in [-0.39, 0.29) is 16.7 Å². The topological polar surface area (TPSA) is 78.4 Å². The molecule has 5 nitrogen and oxygen atoms in total. The van der Waals surface area contributed by atoms with Crippen LogP contribution in [0.3, 0.4) is 0 Å². The molecule has 5 heteroatoms. The second-order valence-corrected chi connectivity index (χ2v) is 5.42. The van der Waals surface area contributed by atoms with E-state index in [2.05, 4.69) is 0 Å². The van der Waals surface area contributed by atoms with Crippen molar-refractivity contribution in [3.05, 3.63) is 39.9 Å². The second kappa shape index (κ2) is 7.36. The highest BCUT2D eigenvalue weighted by Gasteiger charge is 2.18. The summed E-state index contributed by atoms with van der Waals surface area (Å²) in [6, 6.07) is 6.77. The molecule has 110 valence electrons. The van der Waals surface area contributed by atoms with Gasteiger partial charge in [-0.05, 0) is 38.5 Å². The molecule has 0 bridgehead atoms. The third kappa shape index (κ3) is 4.28. The molecule has 1 aliphatic heterocycles. The smallest absolute Gasteiger partial charge is 0.272 e. The Bertz CT molecular complexity index is 444. The van der Waals surface area contributed by atoms with Gasteiger partial charge in [0.25, 0.3) is 5.69 Å². The van der Waals surface area contributed by atoms with E-state index in [1.807, 2.05) is 6.07 Å². The van der Waals surface area contributed by atoms with Gasteiger partial charge in [-0.15, -0.1) is 0 Å². The lowest BCUT2D eigenvalue weighted by Gasteiger charge is -2.23. The lowest BCUT2D eigenvalue weighted by Crippen LogP contribution is -2.27. The minimum atomic E-state index is -0.341. The molecule has 1 aromatic carbocycles. The molecule has 0 radical (unpaired) electrons. The fourth-order valence-electron chi connectivity index (χ4n) is 2.68. The van der Waals surface area contributed by atoms with E-state index < -0.39 is 0 Å². The second-order valence-electron chi connectivity index (χ2n) is 5.42. The molecule has 1 aliphatic rings. The quantitative estimate of drug-likeness (QED) is 0.641. The normalized spacial score (nSPS) is 20.6. The highest BCUT2D eigenvalue weighted by Crippen LogP contribution is 2.22. The largest absolute Gasteiger partial charge is 0.378 e. The monoisotopic (exact) mass is 278 g/mol. The number of benzene rings is 1. The first-order valence-electron chi connectivity index (χ1n) is 7.26. The average molecular weight is 278 g/mol. The zero-order valence-electron chi connectivity index (χ0n) is 11.7. The van der Waals surface area contributed by atoms with Gasteiger partial charge in [0.1, 0.15) is 0 Å². The molecular weight excluding hydrogens is 256 g/mol. The van der Waals surface area contributed by atoms with E-state index >= 15 is 0 Å². The zero-order chi connectivity index (χ0) is 14.4. The van der Waals surface area contributed by atoms with Gasteiger partial charge in [0.15, 0.2) is 0 Å². The Balaban J connectivity index is 1.84. The van der Waals surface area contributed by atoms with Gasteiger partial charge in [-0.2, -0.15) is 0 Å².